The van der Waals surface area contributed by atoms with Gasteiger partial charge in [0, 0.05) is 32.8 Å². The molecule has 0 spiro atoms. The number of carbonyl (C=O) groups is 2. The molecule has 2 rings (SSSR count). The molecule has 6 nitrogen and oxygen atoms in total. The number of carbonyl (C=O) groups excluding carboxylic acids is 2. The average molecular weight is 297 g/mol. The molecule has 2 aliphatic rings. The number of ether oxygens (including phenoxy) is 1. The van der Waals surface area contributed by atoms with Gasteiger partial charge in [-0.15, -0.1) is 0 Å². The maximum atomic E-state index is 12.5. The number of nitrogens with one attached hydrogen (secondary N) is 2. The normalized spacial score (nSPS) is 26.9. The summed E-state index contributed by atoms with van der Waals surface area (Å²) in [6.45, 7) is 5.32. The molecule has 2 fully saturated rings. The summed E-state index contributed by atoms with van der Waals surface area (Å²) >= 11 is 0. The van der Waals surface area contributed by atoms with Gasteiger partial charge in [0.15, 0.2) is 0 Å². The highest BCUT2D eigenvalue weighted by molar-refractivity contribution is 5.83. The topological polar surface area (TPSA) is 70.7 Å². The molecular formula is C15H27N3O3. The van der Waals surface area contributed by atoms with E-state index < -0.39 is 0 Å². The summed E-state index contributed by atoms with van der Waals surface area (Å²) < 4.78 is 4.88. The molecule has 2 saturated heterocycles. The Morgan fingerprint density at radius 1 is 1.38 bits per heavy atom. The van der Waals surface area contributed by atoms with Crippen molar-refractivity contribution in [3.05, 3.63) is 0 Å². The van der Waals surface area contributed by atoms with Gasteiger partial charge in [0.2, 0.25) is 11.8 Å². The van der Waals surface area contributed by atoms with Crippen LogP contribution in [-0.2, 0) is 14.3 Å². The summed E-state index contributed by atoms with van der Waals surface area (Å²) in [5.41, 5.74) is -0.233. The fourth-order valence-corrected chi connectivity index (χ4v) is 3.23. The first-order chi connectivity index (χ1) is 10.1. The molecule has 120 valence electrons. The molecule has 21 heavy (non-hydrogen) atoms. The van der Waals surface area contributed by atoms with E-state index in [-0.39, 0.29) is 29.9 Å². The van der Waals surface area contributed by atoms with E-state index in [1.807, 2.05) is 4.90 Å². The van der Waals surface area contributed by atoms with Gasteiger partial charge in [0.25, 0.3) is 0 Å². The second kappa shape index (κ2) is 7.22. The second-order valence-electron chi connectivity index (χ2n) is 6.12. The summed E-state index contributed by atoms with van der Waals surface area (Å²) in [5, 5.41) is 6.49. The number of rotatable bonds is 5. The van der Waals surface area contributed by atoms with Crippen molar-refractivity contribution in [1.29, 1.82) is 0 Å². The van der Waals surface area contributed by atoms with Crippen LogP contribution < -0.4 is 10.6 Å². The van der Waals surface area contributed by atoms with E-state index in [1.54, 1.807) is 0 Å². The van der Waals surface area contributed by atoms with E-state index in [0.29, 0.717) is 13.1 Å². The number of amides is 2. The van der Waals surface area contributed by atoms with Gasteiger partial charge in [-0.2, -0.15) is 0 Å². The van der Waals surface area contributed by atoms with Gasteiger partial charge in [-0.25, -0.2) is 0 Å². The minimum absolute atomic E-state index is 0.0345. The van der Waals surface area contributed by atoms with Crippen LogP contribution in [0.2, 0.25) is 0 Å². The number of hydrogen-bond acceptors (Lipinski definition) is 4. The lowest BCUT2D eigenvalue weighted by molar-refractivity contribution is -0.136. The predicted molar refractivity (Wildman–Crippen MR) is 79.8 cm³/mol. The Labute approximate surface area is 126 Å². The molecule has 6 heteroatoms. The minimum Gasteiger partial charge on any atom is -0.375 e. The number of likely N-dealkylation sites (tertiary alicyclic amines) is 1. The predicted octanol–water partition coefficient (Wildman–Crippen LogP) is 0.130. The third-order valence-electron chi connectivity index (χ3n) is 4.85. The molecule has 0 aromatic carbocycles. The summed E-state index contributed by atoms with van der Waals surface area (Å²) in [6, 6.07) is 0.188. The van der Waals surface area contributed by atoms with Crippen LogP contribution in [0.1, 0.15) is 32.6 Å². The van der Waals surface area contributed by atoms with Crippen molar-refractivity contribution < 1.29 is 14.3 Å². The molecule has 2 amide bonds. The highest BCUT2D eigenvalue weighted by atomic mass is 16.5. The standard InChI is InChI=1S/C15H27N3O3/c1-3-15(6-7-16-11-15)14(20)17-12-4-8-18(9-5-12)13(19)10-21-2/h12,16H,3-11H2,1-2H3,(H,17,20). The summed E-state index contributed by atoms with van der Waals surface area (Å²) in [4.78, 5) is 26.1. The lowest BCUT2D eigenvalue weighted by Crippen LogP contribution is -2.51. The Hall–Kier alpha value is -1.14. The van der Waals surface area contributed by atoms with E-state index >= 15 is 0 Å². The molecule has 2 aliphatic heterocycles. The van der Waals surface area contributed by atoms with Crippen molar-refractivity contribution in [3.63, 3.8) is 0 Å². The van der Waals surface area contributed by atoms with Crippen molar-refractivity contribution in [2.24, 2.45) is 5.41 Å². The molecule has 0 aliphatic carbocycles. The van der Waals surface area contributed by atoms with Gasteiger partial charge >= 0.3 is 0 Å². The van der Waals surface area contributed by atoms with E-state index in [2.05, 4.69) is 17.6 Å². The first kappa shape index (κ1) is 16.2. The van der Waals surface area contributed by atoms with Crippen LogP contribution in [0.4, 0.5) is 0 Å². The lowest BCUT2D eigenvalue weighted by Gasteiger charge is -2.34. The van der Waals surface area contributed by atoms with Crippen LogP contribution in [0.3, 0.4) is 0 Å². The smallest absolute Gasteiger partial charge is 0.248 e. The number of hydrogen-bond donors (Lipinski definition) is 2. The van der Waals surface area contributed by atoms with Crippen LogP contribution in [-0.4, -0.2) is 62.7 Å². The van der Waals surface area contributed by atoms with Gasteiger partial charge < -0.3 is 20.3 Å². The Kier molecular flexibility index (Phi) is 5.58. The maximum absolute atomic E-state index is 12.5. The molecular weight excluding hydrogens is 270 g/mol. The Balaban J connectivity index is 1.80. The summed E-state index contributed by atoms with van der Waals surface area (Å²) in [5.74, 6) is 0.212. The van der Waals surface area contributed by atoms with Gasteiger partial charge in [-0.05, 0) is 32.2 Å². The quantitative estimate of drug-likeness (QED) is 0.757. The van der Waals surface area contributed by atoms with E-state index in [0.717, 1.165) is 38.8 Å². The third-order valence-corrected chi connectivity index (χ3v) is 4.85. The van der Waals surface area contributed by atoms with E-state index in [1.165, 1.54) is 7.11 Å². The fraction of sp³-hybridized carbons (Fsp3) is 0.867. The molecule has 2 N–H and O–H groups in total. The van der Waals surface area contributed by atoms with Crippen molar-refractivity contribution in [2.75, 3.05) is 39.9 Å². The van der Waals surface area contributed by atoms with Gasteiger partial charge in [-0.3, -0.25) is 9.59 Å². The lowest BCUT2D eigenvalue weighted by atomic mass is 9.83. The first-order valence-corrected chi connectivity index (χ1v) is 7.89. The van der Waals surface area contributed by atoms with Crippen LogP contribution in [0.25, 0.3) is 0 Å². The second-order valence-corrected chi connectivity index (χ2v) is 6.12. The highest BCUT2D eigenvalue weighted by Gasteiger charge is 2.40. The average Bonchev–Trinajstić information content (AvgIpc) is 2.98. The molecule has 1 unspecified atom stereocenters. The summed E-state index contributed by atoms with van der Waals surface area (Å²) in [7, 11) is 1.53. The van der Waals surface area contributed by atoms with Crippen LogP contribution in [0.5, 0.6) is 0 Å². The monoisotopic (exact) mass is 297 g/mol. The molecule has 2 heterocycles. The maximum Gasteiger partial charge on any atom is 0.248 e. The van der Waals surface area contributed by atoms with Crippen molar-refractivity contribution in [3.8, 4) is 0 Å². The number of piperidine rings is 1. The van der Waals surface area contributed by atoms with Gasteiger partial charge in [0.1, 0.15) is 6.61 Å². The molecule has 1 atom stereocenters. The van der Waals surface area contributed by atoms with Crippen LogP contribution in [0, 0.1) is 5.41 Å². The Morgan fingerprint density at radius 3 is 2.62 bits per heavy atom. The van der Waals surface area contributed by atoms with E-state index in [9.17, 15) is 9.59 Å². The van der Waals surface area contributed by atoms with Crippen molar-refractivity contribution >= 4 is 11.8 Å². The Bertz CT molecular complexity index is 372. The molecule has 0 bridgehead atoms. The van der Waals surface area contributed by atoms with Crippen LogP contribution >= 0.6 is 0 Å². The van der Waals surface area contributed by atoms with E-state index in [4.69, 9.17) is 4.74 Å². The molecule has 0 saturated carbocycles. The molecule has 0 radical (unpaired) electrons. The highest BCUT2D eigenvalue weighted by Crippen LogP contribution is 2.30. The van der Waals surface area contributed by atoms with Crippen molar-refractivity contribution in [1.82, 2.24) is 15.5 Å². The minimum atomic E-state index is -0.233. The zero-order valence-electron chi connectivity index (χ0n) is 13.1. The molecule has 0 aromatic heterocycles. The van der Waals surface area contributed by atoms with Gasteiger partial charge in [0.05, 0.1) is 5.41 Å². The molecule has 0 aromatic rings. The van der Waals surface area contributed by atoms with Gasteiger partial charge in [-0.1, -0.05) is 6.92 Å². The zero-order valence-corrected chi connectivity index (χ0v) is 13.1. The fourth-order valence-electron chi connectivity index (χ4n) is 3.23. The number of nitrogens with zero attached hydrogens (tertiary/aromatic N) is 1. The third kappa shape index (κ3) is 3.74. The summed E-state index contributed by atoms with van der Waals surface area (Å²) in [6.07, 6.45) is 3.44. The largest absolute Gasteiger partial charge is 0.375 e. The van der Waals surface area contributed by atoms with Crippen molar-refractivity contribution in [2.45, 2.75) is 38.6 Å². The number of methoxy groups -OCH3 is 1. The van der Waals surface area contributed by atoms with Crippen LogP contribution in [0.15, 0.2) is 0 Å². The zero-order chi connectivity index (χ0) is 15.3. The Morgan fingerprint density at radius 2 is 2.10 bits per heavy atom. The SMILES string of the molecule is CCC1(C(=O)NC2CCN(C(=O)COC)CC2)CCNC1. The first-order valence-electron chi connectivity index (χ1n) is 7.89.